The van der Waals surface area contributed by atoms with Crippen LogP contribution in [-0.4, -0.2) is 16.3 Å². The number of benzene rings is 2. The predicted molar refractivity (Wildman–Crippen MR) is 74.9 cm³/mol. The fourth-order valence-electron chi connectivity index (χ4n) is 2.09. The number of rotatable bonds is 4. The van der Waals surface area contributed by atoms with Gasteiger partial charge in [-0.25, -0.2) is 0 Å². The van der Waals surface area contributed by atoms with E-state index in [9.17, 15) is 5.11 Å². The molecule has 0 aliphatic carbocycles. The third-order valence-corrected chi connectivity index (χ3v) is 3.34. The number of aromatic hydroxyl groups is 1. The Morgan fingerprint density at radius 2 is 1.89 bits per heavy atom. The van der Waals surface area contributed by atoms with Gasteiger partial charge >= 0.3 is 0 Å². The molecule has 0 saturated heterocycles. The van der Waals surface area contributed by atoms with Crippen LogP contribution < -0.4 is 0 Å². The number of aryl methyl sites for hydroxylation is 1. The summed E-state index contributed by atoms with van der Waals surface area (Å²) in [5.74, 6) is 0.286. The van der Waals surface area contributed by atoms with E-state index in [2.05, 4.69) is 6.92 Å². The van der Waals surface area contributed by atoms with Gasteiger partial charge in [-0.05, 0) is 37.8 Å². The number of halogens is 1. The van der Waals surface area contributed by atoms with E-state index in [4.69, 9.17) is 16.7 Å². The van der Waals surface area contributed by atoms with Gasteiger partial charge in [-0.15, -0.1) is 0 Å². The molecule has 0 aliphatic rings. The lowest BCUT2D eigenvalue weighted by Gasteiger charge is -2.10. The number of hydrogen-bond acceptors (Lipinski definition) is 2. The second-order valence-electron chi connectivity index (χ2n) is 4.46. The van der Waals surface area contributed by atoms with Gasteiger partial charge < -0.3 is 10.2 Å². The van der Waals surface area contributed by atoms with Crippen molar-refractivity contribution in [1.29, 1.82) is 0 Å². The molecule has 2 aromatic carbocycles. The minimum atomic E-state index is -0.553. The molecule has 0 aromatic heterocycles. The SMILES string of the molecule is [CH2][C@H](O)CCCc1cc(Cl)c2ccccc2c1O. The average molecular weight is 264 g/mol. The first-order chi connectivity index (χ1) is 8.59. The van der Waals surface area contributed by atoms with E-state index in [0.717, 1.165) is 22.8 Å². The molecule has 2 rings (SSSR count). The summed E-state index contributed by atoms with van der Waals surface area (Å²) in [4.78, 5) is 0. The summed E-state index contributed by atoms with van der Waals surface area (Å²) in [6, 6.07) is 9.32. The van der Waals surface area contributed by atoms with Crippen molar-refractivity contribution in [2.45, 2.75) is 25.4 Å². The zero-order valence-electron chi connectivity index (χ0n) is 10.1. The highest BCUT2D eigenvalue weighted by Crippen LogP contribution is 2.34. The maximum atomic E-state index is 10.2. The largest absolute Gasteiger partial charge is 0.507 e. The first-order valence-electron chi connectivity index (χ1n) is 6.00. The molecule has 0 amide bonds. The van der Waals surface area contributed by atoms with Crippen LogP contribution in [0, 0.1) is 6.92 Å². The fraction of sp³-hybridized carbons (Fsp3) is 0.267. The molecule has 1 atom stereocenters. The first kappa shape index (κ1) is 13.2. The Morgan fingerprint density at radius 3 is 2.56 bits per heavy atom. The number of phenols is 1. The second kappa shape index (κ2) is 5.59. The molecule has 2 N–H and O–H groups in total. The Hall–Kier alpha value is -1.25. The van der Waals surface area contributed by atoms with Crippen molar-refractivity contribution in [2.24, 2.45) is 0 Å². The molecular weight excluding hydrogens is 248 g/mol. The lowest BCUT2D eigenvalue weighted by molar-refractivity contribution is 0.207. The molecule has 18 heavy (non-hydrogen) atoms. The summed E-state index contributed by atoms with van der Waals surface area (Å²) in [5, 5.41) is 21.6. The number of phenolic OH excluding ortho intramolecular Hbond substituents is 1. The van der Waals surface area contributed by atoms with Crippen molar-refractivity contribution >= 4 is 22.4 Å². The van der Waals surface area contributed by atoms with E-state index in [-0.39, 0.29) is 5.75 Å². The van der Waals surface area contributed by atoms with Gasteiger partial charge in [0.15, 0.2) is 0 Å². The number of hydrogen-bond donors (Lipinski definition) is 2. The van der Waals surface area contributed by atoms with E-state index in [1.54, 1.807) is 6.07 Å². The molecule has 0 heterocycles. The van der Waals surface area contributed by atoms with Crippen molar-refractivity contribution in [3.8, 4) is 5.75 Å². The highest BCUT2D eigenvalue weighted by Gasteiger charge is 2.10. The molecule has 2 aromatic rings. The van der Waals surface area contributed by atoms with Gasteiger partial charge in [-0.1, -0.05) is 35.9 Å². The van der Waals surface area contributed by atoms with Crippen LogP contribution in [0.15, 0.2) is 30.3 Å². The van der Waals surface area contributed by atoms with Gasteiger partial charge in [0, 0.05) is 15.8 Å². The molecular formula is C15H16ClO2. The quantitative estimate of drug-likeness (QED) is 0.883. The molecule has 0 bridgehead atoms. The lowest BCUT2D eigenvalue weighted by Crippen LogP contribution is -2.00. The van der Waals surface area contributed by atoms with E-state index in [1.165, 1.54) is 0 Å². The maximum Gasteiger partial charge on any atom is 0.126 e. The topological polar surface area (TPSA) is 40.5 Å². The zero-order chi connectivity index (χ0) is 13.1. The smallest absolute Gasteiger partial charge is 0.126 e. The van der Waals surface area contributed by atoms with Crippen molar-refractivity contribution in [3.63, 3.8) is 0 Å². The van der Waals surface area contributed by atoms with Crippen LogP contribution in [-0.2, 0) is 6.42 Å². The van der Waals surface area contributed by atoms with Crippen LogP contribution in [0.3, 0.4) is 0 Å². The highest BCUT2D eigenvalue weighted by atomic mass is 35.5. The molecule has 0 aliphatic heterocycles. The van der Waals surface area contributed by atoms with Crippen molar-refractivity contribution in [1.82, 2.24) is 0 Å². The van der Waals surface area contributed by atoms with Crippen molar-refractivity contribution in [2.75, 3.05) is 0 Å². The summed E-state index contributed by atoms with van der Waals surface area (Å²) in [5.41, 5.74) is 0.819. The van der Waals surface area contributed by atoms with Gasteiger partial charge in [0.1, 0.15) is 5.75 Å². The summed E-state index contributed by atoms with van der Waals surface area (Å²) in [6.07, 6.45) is 1.52. The van der Waals surface area contributed by atoms with E-state index >= 15 is 0 Å². The Balaban J connectivity index is 2.31. The minimum Gasteiger partial charge on any atom is -0.507 e. The predicted octanol–water partition coefficient (Wildman–Crippen LogP) is 3.72. The third-order valence-electron chi connectivity index (χ3n) is 3.03. The highest BCUT2D eigenvalue weighted by molar-refractivity contribution is 6.35. The second-order valence-corrected chi connectivity index (χ2v) is 4.86. The maximum absolute atomic E-state index is 10.2. The van der Waals surface area contributed by atoms with E-state index in [1.807, 2.05) is 24.3 Å². The minimum absolute atomic E-state index is 0.286. The Bertz CT molecular complexity index is 549. The van der Waals surface area contributed by atoms with Gasteiger partial charge in [-0.3, -0.25) is 0 Å². The Labute approximate surface area is 112 Å². The van der Waals surface area contributed by atoms with Crippen LogP contribution >= 0.6 is 11.6 Å². The molecule has 0 spiro atoms. The molecule has 2 nitrogen and oxygen atoms in total. The molecule has 0 fully saturated rings. The summed E-state index contributed by atoms with van der Waals surface area (Å²) < 4.78 is 0. The standard InChI is InChI=1S/C15H16ClO2/c1-10(17)5-4-6-11-9-14(16)12-7-2-3-8-13(12)15(11)18/h2-3,7-10,17-18H,1,4-6H2/t10-/m0/s1. The van der Waals surface area contributed by atoms with Gasteiger partial charge in [0.05, 0.1) is 6.10 Å². The van der Waals surface area contributed by atoms with Crippen molar-refractivity contribution in [3.05, 3.63) is 47.8 Å². The normalized spacial score (nSPS) is 12.8. The molecule has 0 saturated carbocycles. The van der Waals surface area contributed by atoms with Crippen LogP contribution in [0.1, 0.15) is 18.4 Å². The lowest BCUT2D eigenvalue weighted by atomic mass is 10.0. The number of aliphatic hydroxyl groups excluding tert-OH is 1. The van der Waals surface area contributed by atoms with Gasteiger partial charge in [0.2, 0.25) is 0 Å². The van der Waals surface area contributed by atoms with E-state index in [0.29, 0.717) is 17.9 Å². The summed E-state index contributed by atoms with van der Waals surface area (Å²) >= 11 is 6.20. The molecule has 95 valence electrons. The average Bonchev–Trinajstić information content (AvgIpc) is 2.35. The monoisotopic (exact) mass is 263 g/mol. The first-order valence-corrected chi connectivity index (χ1v) is 6.37. The van der Waals surface area contributed by atoms with Crippen LogP contribution in [0.25, 0.3) is 10.8 Å². The van der Waals surface area contributed by atoms with Gasteiger partial charge in [0.25, 0.3) is 0 Å². The van der Waals surface area contributed by atoms with Crippen LogP contribution in [0.4, 0.5) is 0 Å². The van der Waals surface area contributed by atoms with Crippen molar-refractivity contribution < 1.29 is 10.2 Å². The molecule has 1 radical (unpaired) electrons. The van der Waals surface area contributed by atoms with E-state index < -0.39 is 6.10 Å². The Morgan fingerprint density at radius 1 is 1.22 bits per heavy atom. The summed E-state index contributed by atoms with van der Waals surface area (Å²) in [7, 11) is 0. The van der Waals surface area contributed by atoms with Crippen LogP contribution in [0.2, 0.25) is 5.02 Å². The number of fused-ring (bicyclic) bond motifs is 1. The Kier molecular flexibility index (Phi) is 4.10. The third kappa shape index (κ3) is 2.77. The summed E-state index contributed by atoms with van der Waals surface area (Å²) in [6.45, 7) is 3.53. The van der Waals surface area contributed by atoms with Crippen LogP contribution in [0.5, 0.6) is 5.75 Å². The van der Waals surface area contributed by atoms with Gasteiger partial charge in [-0.2, -0.15) is 0 Å². The zero-order valence-corrected chi connectivity index (χ0v) is 10.8. The fourth-order valence-corrected chi connectivity index (χ4v) is 2.39. The molecule has 3 heteroatoms. The molecule has 0 unspecified atom stereocenters. The number of aliphatic hydroxyl groups is 1.